The molecule has 0 aliphatic heterocycles. The average molecular weight is 168 g/mol. The molecular formula is C9H12O3. The second-order valence-electron chi connectivity index (χ2n) is 2.92. The van der Waals surface area contributed by atoms with Gasteiger partial charge in [0.2, 0.25) is 0 Å². The first-order valence-electron chi connectivity index (χ1n) is 4.05. The van der Waals surface area contributed by atoms with Crippen LogP contribution in [0.15, 0.2) is 11.8 Å². The van der Waals surface area contributed by atoms with Crippen molar-refractivity contribution in [2.24, 2.45) is 0 Å². The third-order valence-corrected chi connectivity index (χ3v) is 1.84. The molecule has 0 radical (unpaired) electrons. The Hall–Kier alpha value is -1.12. The molecule has 0 amide bonds. The number of esters is 1. The van der Waals surface area contributed by atoms with E-state index in [4.69, 9.17) is 4.74 Å². The summed E-state index contributed by atoms with van der Waals surface area (Å²) in [5.74, 6) is -0.00521. The molecule has 66 valence electrons. The Labute approximate surface area is 71.4 Å². The first-order chi connectivity index (χ1) is 5.68. The molecule has 0 N–H and O–H groups in total. The predicted molar refractivity (Wildman–Crippen MR) is 43.3 cm³/mol. The Morgan fingerprint density at radius 2 is 1.92 bits per heavy atom. The molecule has 3 heteroatoms. The molecule has 1 aliphatic carbocycles. The van der Waals surface area contributed by atoms with Gasteiger partial charge < -0.3 is 4.74 Å². The molecule has 1 rings (SSSR count). The first kappa shape index (κ1) is 8.97. The lowest BCUT2D eigenvalue weighted by atomic mass is 9.95. The number of carbonyl (C=O) groups excluding carboxylic acids is 2. The van der Waals surface area contributed by atoms with Crippen LogP contribution in [0.1, 0.15) is 32.6 Å². The largest absolute Gasteiger partial charge is 0.435 e. The second-order valence-corrected chi connectivity index (χ2v) is 2.92. The van der Waals surface area contributed by atoms with E-state index in [2.05, 4.69) is 0 Å². The maximum absolute atomic E-state index is 10.8. The van der Waals surface area contributed by atoms with Crippen molar-refractivity contribution < 1.29 is 14.3 Å². The highest BCUT2D eigenvalue weighted by molar-refractivity contribution is 5.80. The van der Waals surface area contributed by atoms with Crippen molar-refractivity contribution in [1.82, 2.24) is 0 Å². The Morgan fingerprint density at radius 3 is 2.42 bits per heavy atom. The second kappa shape index (κ2) is 4.04. The lowest BCUT2D eigenvalue weighted by Crippen LogP contribution is -2.06. The van der Waals surface area contributed by atoms with Gasteiger partial charge in [-0.25, -0.2) is 0 Å². The summed E-state index contributed by atoms with van der Waals surface area (Å²) in [7, 11) is 0. The van der Waals surface area contributed by atoms with Crippen molar-refractivity contribution in [2.75, 3.05) is 0 Å². The normalized spacial score (nSPS) is 17.4. The number of hydrogen-bond acceptors (Lipinski definition) is 3. The van der Waals surface area contributed by atoms with E-state index in [1.165, 1.54) is 13.2 Å². The molecule has 0 aromatic heterocycles. The lowest BCUT2D eigenvalue weighted by Gasteiger charge is -2.11. The van der Waals surface area contributed by atoms with Gasteiger partial charge in [-0.1, -0.05) is 0 Å². The van der Waals surface area contributed by atoms with Gasteiger partial charge >= 0.3 is 5.97 Å². The maximum atomic E-state index is 10.8. The molecule has 0 aromatic rings. The quantitative estimate of drug-likeness (QED) is 0.441. The molecule has 0 aromatic carbocycles. The van der Waals surface area contributed by atoms with Gasteiger partial charge in [0.25, 0.3) is 0 Å². The number of ketones is 1. The molecule has 0 spiro atoms. The van der Waals surface area contributed by atoms with Crippen molar-refractivity contribution in [3.63, 3.8) is 0 Å². The van der Waals surface area contributed by atoms with E-state index in [1.807, 2.05) is 0 Å². The number of hydrogen-bond donors (Lipinski definition) is 0. The van der Waals surface area contributed by atoms with Crippen LogP contribution in [0.3, 0.4) is 0 Å². The van der Waals surface area contributed by atoms with Gasteiger partial charge in [0, 0.05) is 19.8 Å². The zero-order chi connectivity index (χ0) is 8.97. The van der Waals surface area contributed by atoms with Crippen molar-refractivity contribution >= 4 is 11.8 Å². The zero-order valence-electron chi connectivity index (χ0n) is 7.13. The summed E-state index contributed by atoms with van der Waals surface area (Å²) < 4.78 is 4.70. The minimum atomic E-state index is -0.306. The molecule has 3 nitrogen and oxygen atoms in total. The topological polar surface area (TPSA) is 43.4 Å². The van der Waals surface area contributed by atoms with Gasteiger partial charge in [0.15, 0.2) is 0 Å². The van der Waals surface area contributed by atoms with Crippen molar-refractivity contribution in [3.05, 3.63) is 11.8 Å². The van der Waals surface area contributed by atoms with Crippen LogP contribution in [-0.2, 0) is 14.3 Å². The summed E-state index contributed by atoms with van der Waals surface area (Å²) in [6.07, 6.45) is 4.15. The Morgan fingerprint density at radius 1 is 1.33 bits per heavy atom. The smallest absolute Gasteiger partial charge is 0.307 e. The summed E-state index contributed by atoms with van der Waals surface area (Å²) in [5.41, 5.74) is 1.06. The molecule has 0 heterocycles. The third-order valence-electron chi connectivity index (χ3n) is 1.84. The standard InChI is InChI=1S/C9H12O3/c1-7(10)12-6-8-2-4-9(11)5-3-8/h6H,2-5H2,1H3. The summed E-state index contributed by atoms with van der Waals surface area (Å²) >= 11 is 0. The van der Waals surface area contributed by atoms with Crippen molar-refractivity contribution in [2.45, 2.75) is 32.6 Å². The maximum Gasteiger partial charge on any atom is 0.307 e. The fourth-order valence-corrected chi connectivity index (χ4v) is 1.13. The lowest BCUT2D eigenvalue weighted by molar-refractivity contribution is -0.135. The van der Waals surface area contributed by atoms with E-state index in [0.29, 0.717) is 18.6 Å². The highest BCUT2D eigenvalue weighted by Gasteiger charge is 2.12. The molecule has 0 saturated heterocycles. The van der Waals surface area contributed by atoms with Crippen LogP contribution in [0.5, 0.6) is 0 Å². The van der Waals surface area contributed by atoms with Crippen LogP contribution in [0.25, 0.3) is 0 Å². The Bertz CT molecular complexity index is 216. The predicted octanol–water partition coefficient (Wildman–Crippen LogP) is 1.58. The van der Waals surface area contributed by atoms with E-state index in [9.17, 15) is 9.59 Å². The van der Waals surface area contributed by atoms with Crippen LogP contribution in [0.2, 0.25) is 0 Å². The summed E-state index contributed by atoms with van der Waals surface area (Å²) in [6, 6.07) is 0. The summed E-state index contributed by atoms with van der Waals surface area (Å²) in [4.78, 5) is 21.2. The third kappa shape index (κ3) is 2.86. The first-order valence-corrected chi connectivity index (χ1v) is 4.05. The van der Waals surface area contributed by atoms with Gasteiger partial charge in [-0.05, 0) is 18.4 Å². The SMILES string of the molecule is CC(=O)OC=C1CCC(=O)CC1. The molecular weight excluding hydrogens is 156 g/mol. The van der Waals surface area contributed by atoms with Gasteiger partial charge in [-0.2, -0.15) is 0 Å². The van der Waals surface area contributed by atoms with E-state index in [-0.39, 0.29) is 5.97 Å². The summed E-state index contributed by atoms with van der Waals surface area (Å²) in [6.45, 7) is 1.37. The fourth-order valence-electron chi connectivity index (χ4n) is 1.13. The Balaban J connectivity index is 2.38. The van der Waals surface area contributed by atoms with Gasteiger partial charge in [-0.3, -0.25) is 9.59 Å². The molecule has 12 heavy (non-hydrogen) atoms. The van der Waals surface area contributed by atoms with E-state index in [0.717, 1.165) is 18.4 Å². The molecule has 1 saturated carbocycles. The minimum absolute atomic E-state index is 0.301. The number of rotatable bonds is 1. The number of Topliss-reactive ketones (excluding diaryl/α,β-unsaturated/α-hetero) is 1. The van der Waals surface area contributed by atoms with Crippen LogP contribution < -0.4 is 0 Å². The molecule has 0 atom stereocenters. The van der Waals surface area contributed by atoms with Crippen LogP contribution in [0, 0.1) is 0 Å². The molecule has 0 bridgehead atoms. The number of allylic oxidation sites excluding steroid dienone is 1. The highest BCUT2D eigenvalue weighted by atomic mass is 16.5. The van der Waals surface area contributed by atoms with Crippen LogP contribution in [-0.4, -0.2) is 11.8 Å². The summed E-state index contributed by atoms with van der Waals surface area (Å²) in [5, 5.41) is 0. The molecule has 1 fully saturated rings. The van der Waals surface area contributed by atoms with E-state index >= 15 is 0 Å². The van der Waals surface area contributed by atoms with Crippen molar-refractivity contribution in [1.29, 1.82) is 0 Å². The average Bonchev–Trinajstić information content (AvgIpc) is 2.03. The minimum Gasteiger partial charge on any atom is -0.435 e. The fraction of sp³-hybridized carbons (Fsp3) is 0.556. The van der Waals surface area contributed by atoms with Crippen LogP contribution in [0.4, 0.5) is 0 Å². The number of carbonyl (C=O) groups is 2. The van der Waals surface area contributed by atoms with Gasteiger partial charge in [0.05, 0.1) is 6.26 Å². The van der Waals surface area contributed by atoms with Gasteiger partial charge in [-0.15, -0.1) is 0 Å². The van der Waals surface area contributed by atoms with E-state index in [1.54, 1.807) is 0 Å². The number of ether oxygens (including phenoxy) is 1. The van der Waals surface area contributed by atoms with E-state index < -0.39 is 0 Å². The Kier molecular flexibility index (Phi) is 3.02. The van der Waals surface area contributed by atoms with Crippen molar-refractivity contribution in [3.8, 4) is 0 Å². The zero-order valence-corrected chi connectivity index (χ0v) is 7.13. The highest BCUT2D eigenvalue weighted by Crippen LogP contribution is 2.20. The molecule has 1 aliphatic rings. The van der Waals surface area contributed by atoms with Gasteiger partial charge in [0.1, 0.15) is 5.78 Å². The monoisotopic (exact) mass is 168 g/mol. The molecule has 0 unspecified atom stereocenters. The van der Waals surface area contributed by atoms with Crippen LogP contribution >= 0.6 is 0 Å².